The van der Waals surface area contributed by atoms with E-state index >= 15 is 0 Å². The average Bonchev–Trinajstić information content (AvgIpc) is 3.07. The lowest BCUT2D eigenvalue weighted by molar-refractivity contribution is -0.137. The summed E-state index contributed by atoms with van der Waals surface area (Å²) in [6.45, 7) is 1.59. The van der Waals surface area contributed by atoms with E-state index in [2.05, 4.69) is 10.3 Å². The molecule has 19 heavy (non-hydrogen) atoms. The molecular weight excluding hydrogens is 253 g/mol. The largest absolute Gasteiger partial charge is 0.416 e. The van der Waals surface area contributed by atoms with Gasteiger partial charge in [-0.25, -0.2) is 0 Å². The lowest BCUT2D eigenvalue weighted by Crippen LogP contribution is -2.21. The number of aliphatic imine (C=N–C) groups is 1. The van der Waals surface area contributed by atoms with Gasteiger partial charge < -0.3 is 5.32 Å². The van der Waals surface area contributed by atoms with Crippen molar-refractivity contribution in [3.63, 3.8) is 0 Å². The first-order valence-corrected chi connectivity index (χ1v) is 6.51. The number of hydrogen-bond acceptors (Lipinski definition) is 2. The summed E-state index contributed by atoms with van der Waals surface area (Å²) in [5, 5.41) is 3.16. The van der Waals surface area contributed by atoms with Crippen molar-refractivity contribution in [3.05, 3.63) is 34.9 Å². The van der Waals surface area contributed by atoms with Crippen LogP contribution >= 0.6 is 0 Å². The van der Waals surface area contributed by atoms with Crippen molar-refractivity contribution in [2.75, 3.05) is 13.1 Å². The third-order valence-corrected chi connectivity index (χ3v) is 3.59. The topological polar surface area (TPSA) is 24.4 Å². The molecule has 0 saturated heterocycles. The van der Waals surface area contributed by atoms with Crippen molar-refractivity contribution in [1.29, 1.82) is 0 Å². The maximum Gasteiger partial charge on any atom is 0.416 e. The van der Waals surface area contributed by atoms with E-state index in [9.17, 15) is 13.2 Å². The van der Waals surface area contributed by atoms with Crippen LogP contribution in [0.15, 0.2) is 23.2 Å². The van der Waals surface area contributed by atoms with Gasteiger partial charge in [-0.3, -0.25) is 4.99 Å². The summed E-state index contributed by atoms with van der Waals surface area (Å²) in [6.07, 6.45) is -1.66. The Hall–Kier alpha value is -1.52. The van der Waals surface area contributed by atoms with Crippen molar-refractivity contribution < 1.29 is 13.2 Å². The molecule has 1 aromatic carbocycles. The Bertz CT molecular complexity index is 516. The molecule has 1 aliphatic heterocycles. The van der Waals surface area contributed by atoms with Crippen LogP contribution in [0.1, 0.15) is 35.4 Å². The van der Waals surface area contributed by atoms with Gasteiger partial charge in [-0.1, -0.05) is 6.07 Å². The van der Waals surface area contributed by atoms with Crippen molar-refractivity contribution in [1.82, 2.24) is 5.32 Å². The standard InChI is InChI=1S/C14H15F3N2/c15-14(16,17)11-4-3-10(7-13-18-5-6-19-13)12(8-11)9-1-2-9/h3-4,8-9H,1-2,5-7H2,(H,18,19). The van der Waals surface area contributed by atoms with Crippen molar-refractivity contribution >= 4 is 5.84 Å². The van der Waals surface area contributed by atoms with E-state index in [0.717, 1.165) is 42.9 Å². The molecule has 102 valence electrons. The minimum Gasteiger partial charge on any atom is -0.372 e. The van der Waals surface area contributed by atoms with Crippen LogP contribution in [0.3, 0.4) is 0 Å². The zero-order chi connectivity index (χ0) is 13.5. The van der Waals surface area contributed by atoms with E-state index in [1.807, 2.05) is 0 Å². The fourth-order valence-corrected chi connectivity index (χ4v) is 2.45. The molecule has 0 spiro atoms. The van der Waals surface area contributed by atoms with Crippen LogP contribution in [0.25, 0.3) is 0 Å². The predicted octanol–water partition coefficient (Wildman–Crippen LogP) is 3.13. The zero-order valence-corrected chi connectivity index (χ0v) is 10.4. The summed E-state index contributed by atoms with van der Waals surface area (Å²) in [4.78, 5) is 4.31. The highest BCUT2D eigenvalue weighted by molar-refractivity contribution is 5.86. The summed E-state index contributed by atoms with van der Waals surface area (Å²) < 4.78 is 38.3. The molecule has 3 rings (SSSR count). The van der Waals surface area contributed by atoms with Crippen LogP contribution < -0.4 is 5.32 Å². The molecule has 1 N–H and O–H groups in total. The SMILES string of the molecule is FC(F)(F)c1ccc(CC2=NCCN2)c(C2CC2)c1. The molecule has 0 atom stereocenters. The van der Waals surface area contributed by atoms with E-state index in [4.69, 9.17) is 0 Å². The number of nitrogens with zero attached hydrogens (tertiary/aromatic N) is 1. The number of benzene rings is 1. The second kappa shape index (κ2) is 4.54. The molecular formula is C14H15F3N2. The molecule has 0 unspecified atom stereocenters. The van der Waals surface area contributed by atoms with Gasteiger partial charge in [0.05, 0.1) is 12.1 Å². The molecule has 1 aromatic rings. The lowest BCUT2D eigenvalue weighted by Gasteiger charge is -2.13. The third-order valence-electron chi connectivity index (χ3n) is 3.59. The van der Waals surface area contributed by atoms with E-state index in [0.29, 0.717) is 12.3 Å². The highest BCUT2D eigenvalue weighted by Crippen LogP contribution is 2.43. The van der Waals surface area contributed by atoms with Gasteiger partial charge in [-0.15, -0.1) is 0 Å². The number of alkyl halides is 3. The molecule has 0 bridgehead atoms. The molecule has 1 saturated carbocycles. The van der Waals surface area contributed by atoms with Gasteiger partial charge in [-0.05, 0) is 42.0 Å². The van der Waals surface area contributed by atoms with Gasteiger partial charge in [0.15, 0.2) is 0 Å². The quantitative estimate of drug-likeness (QED) is 0.895. The van der Waals surface area contributed by atoms with Crippen LogP contribution in [-0.2, 0) is 12.6 Å². The van der Waals surface area contributed by atoms with Gasteiger partial charge in [0, 0.05) is 13.0 Å². The first-order chi connectivity index (χ1) is 9.04. The molecule has 0 amide bonds. The Morgan fingerprint density at radius 3 is 2.63 bits per heavy atom. The van der Waals surface area contributed by atoms with Gasteiger partial charge in [-0.2, -0.15) is 13.2 Å². The average molecular weight is 268 g/mol. The number of amidine groups is 1. The van der Waals surface area contributed by atoms with Crippen LogP contribution in [-0.4, -0.2) is 18.9 Å². The van der Waals surface area contributed by atoms with Gasteiger partial charge in [0.1, 0.15) is 5.84 Å². The number of halogens is 3. The Morgan fingerprint density at radius 2 is 2.05 bits per heavy atom. The maximum atomic E-state index is 12.8. The second-order valence-electron chi connectivity index (χ2n) is 5.12. The third kappa shape index (κ3) is 2.74. The number of hydrogen-bond donors (Lipinski definition) is 1. The maximum absolute atomic E-state index is 12.8. The van der Waals surface area contributed by atoms with E-state index in [1.165, 1.54) is 12.1 Å². The molecule has 1 aliphatic carbocycles. The first-order valence-electron chi connectivity index (χ1n) is 6.51. The number of rotatable bonds is 3. The minimum atomic E-state index is -4.26. The fourth-order valence-electron chi connectivity index (χ4n) is 2.45. The normalized spacial score (nSPS) is 19.2. The molecule has 5 heteroatoms. The smallest absolute Gasteiger partial charge is 0.372 e. The molecule has 2 aliphatic rings. The molecule has 0 radical (unpaired) electrons. The van der Waals surface area contributed by atoms with Crippen molar-refractivity contribution in [3.8, 4) is 0 Å². The van der Waals surface area contributed by atoms with Crippen LogP contribution in [0.4, 0.5) is 13.2 Å². The zero-order valence-electron chi connectivity index (χ0n) is 10.4. The Labute approximate surface area is 109 Å². The van der Waals surface area contributed by atoms with E-state index < -0.39 is 11.7 Å². The summed E-state index contributed by atoms with van der Waals surface area (Å²) in [5.74, 6) is 1.20. The first kappa shape index (κ1) is 12.5. The summed E-state index contributed by atoms with van der Waals surface area (Å²) in [7, 11) is 0. The monoisotopic (exact) mass is 268 g/mol. The summed E-state index contributed by atoms with van der Waals surface area (Å²) >= 11 is 0. The Morgan fingerprint density at radius 1 is 1.26 bits per heavy atom. The molecule has 0 aromatic heterocycles. The van der Waals surface area contributed by atoms with Crippen LogP contribution in [0, 0.1) is 0 Å². The van der Waals surface area contributed by atoms with Crippen LogP contribution in [0.2, 0.25) is 0 Å². The van der Waals surface area contributed by atoms with E-state index in [-0.39, 0.29) is 0 Å². The summed E-state index contributed by atoms with van der Waals surface area (Å²) in [5.41, 5.74) is 1.29. The van der Waals surface area contributed by atoms with Gasteiger partial charge in [0.2, 0.25) is 0 Å². The Balaban J connectivity index is 1.90. The van der Waals surface area contributed by atoms with Crippen LogP contribution in [0.5, 0.6) is 0 Å². The Kier molecular flexibility index (Phi) is 2.99. The highest BCUT2D eigenvalue weighted by Gasteiger charge is 2.34. The summed E-state index contributed by atoms with van der Waals surface area (Å²) in [6, 6.07) is 4.11. The number of nitrogens with one attached hydrogen (secondary N) is 1. The highest BCUT2D eigenvalue weighted by atomic mass is 19.4. The molecule has 2 nitrogen and oxygen atoms in total. The predicted molar refractivity (Wildman–Crippen MR) is 67.4 cm³/mol. The fraction of sp³-hybridized carbons (Fsp3) is 0.500. The lowest BCUT2D eigenvalue weighted by atomic mass is 9.97. The van der Waals surface area contributed by atoms with E-state index in [1.54, 1.807) is 6.07 Å². The second-order valence-corrected chi connectivity index (χ2v) is 5.12. The van der Waals surface area contributed by atoms with Gasteiger partial charge in [0.25, 0.3) is 0 Å². The molecule has 1 heterocycles. The van der Waals surface area contributed by atoms with Crippen molar-refractivity contribution in [2.45, 2.75) is 31.4 Å². The van der Waals surface area contributed by atoms with Crippen molar-refractivity contribution in [2.24, 2.45) is 4.99 Å². The minimum absolute atomic E-state index is 0.305. The van der Waals surface area contributed by atoms with Gasteiger partial charge >= 0.3 is 6.18 Å². The molecule has 1 fully saturated rings.